The minimum Gasteiger partial charge on any atom is -0.508 e. The first-order valence-corrected chi connectivity index (χ1v) is 10.7. The standard InChI is InChI=1S/C24H36O3/c1-6-7-8-9-12-23(2,3)16-13-20(26)22-18-15-17(25)10-11-19(18)24(4,5)27-21(22)14-16/h13-14,18-19,26H,6-12,15H2,1-5H3/t18-,19?/m1/s1. The van der Waals surface area contributed by atoms with E-state index in [1.165, 1.54) is 25.7 Å². The molecule has 1 aromatic carbocycles. The van der Waals surface area contributed by atoms with E-state index in [-0.39, 0.29) is 22.9 Å². The molecule has 3 nitrogen and oxygen atoms in total. The highest BCUT2D eigenvalue weighted by Gasteiger charge is 2.47. The zero-order valence-corrected chi connectivity index (χ0v) is 17.7. The summed E-state index contributed by atoms with van der Waals surface area (Å²) in [6, 6.07) is 4.06. The third-order valence-corrected chi connectivity index (χ3v) is 6.86. The van der Waals surface area contributed by atoms with Gasteiger partial charge in [0.05, 0.1) is 0 Å². The molecule has 1 aromatic rings. The molecule has 0 amide bonds. The summed E-state index contributed by atoms with van der Waals surface area (Å²) >= 11 is 0. The van der Waals surface area contributed by atoms with Gasteiger partial charge in [0, 0.05) is 30.2 Å². The molecule has 0 saturated heterocycles. The van der Waals surface area contributed by atoms with E-state index in [0.29, 0.717) is 24.4 Å². The quantitative estimate of drug-likeness (QED) is 0.599. The van der Waals surface area contributed by atoms with Crippen LogP contribution in [0.2, 0.25) is 0 Å². The molecule has 1 fully saturated rings. The Morgan fingerprint density at radius 1 is 1.22 bits per heavy atom. The van der Waals surface area contributed by atoms with Crippen LogP contribution in [0.25, 0.3) is 0 Å². The summed E-state index contributed by atoms with van der Waals surface area (Å²) in [5, 5.41) is 10.9. The number of Topliss-reactive ketones (excluding diaryl/α,β-unsaturated/α-hetero) is 1. The molecule has 3 rings (SSSR count). The molecule has 1 aliphatic heterocycles. The summed E-state index contributed by atoms with van der Waals surface area (Å²) in [5.74, 6) is 1.75. The lowest BCUT2D eigenvalue weighted by Gasteiger charge is -2.47. The highest BCUT2D eigenvalue weighted by atomic mass is 16.5. The molecular weight excluding hydrogens is 336 g/mol. The molecule has 27 heavy (non-hydrogen) atoms. The van der Waals surface area contributed by atoms with Crippen LogP contribution in [0.3, 0.4) is 0 Å². The summed E-state index contributed by atoms with van der Waals surface area (Å²) in [6.45, 7) is 11.0. The van der Waals surface area contributed by atoms with Gasteiger partial charge in [0.1, 0.15) is 22.9 Å². The van der Waals surface area contributed by atoms with Crippen molar-refractivity contribution in [2.45, 2.75) is 103 Å². The second-order valence-corrected chi connectivity index (χ2v) is 9.80. The lowest BCUT2D eigenvalue weighted by Crippen LogP contribution is -2.47. The Bertz CT molecular complexity index is 702. The number of rotatable bonds is 6. The van der Waals surface area contributed by atoms with E-state index < -0.39 is 0 Å². The fourth-order valence-electron chi connectivity index (χ4n) is 5.10. The van der Waals surface area contributed by atoms with Gasteiger partial charge in [-0.15, -0.1) is 0 Å². The molecule has 0 spiro atoms. The fourth-order valence-corrected chi connectivity index (χ4v) is 5.10. The number of hydrogen-bond donors (Lipinski definition) is 1. The van der Waals surface area contributed by atoms with Crippen molar-refractivity contribution >= 4 is 5.78 Å². The van der Waals surface area contributed by atoms with Crippen molar-refractivity contribution < 1.29 is 14.6 Å². The van der Waals surface area contributed by atoms with Gasteiger partial charge < -0.3 is 9.84 Å². The molecule has 0 aromatic heterocycles. The van der Waals surface area contributed by atoms with E-state index in [4.69, 9.17) is 4.74 Å². The van der Waals surface area contributed by atoms with E-state index in [1.54, 1.807) is 0 Å². The Morgan fingerprint density at radius 3 is 2.67 bits per heavy atom. The third kappa shape index (κ3) is 4.02. The molecule has 1 unspecified atom stereocenters. The van der Waals surface area contributed by atoms with E-state index >= 15 is 0 Å². The lowest BCUT2D eigenvalue weighted by atomic mass is 9.66. The maximum atomic E-state index is 12.1. The number of aromatic hydroxyl groups is 1. The number of carbonyl (C=O) groups is 1. The number of ether oxygens (including phenoxy) is 1. The van der Waals surface area contributed by atoms with Gasteiger partial charge in [-0.1, -0.05) is 46.5 Å². The van der Waals surface area contributed by atoms with E-state index in [1.807, 2.05) is 6.07 Å². The summed E-state index contributed by atoms with van der Waals surface area (Å²) in [4.78, 5) is 12.1. The number of hydrogen-bond acceptors (Lipinski definition) is 3. The average Bonchev–Trinajstić information content (AvgIpc) is 2.57. The first-order valence-electron chi connectivity index (χ1n) is 10.7. The maximum Gasteiger partial charge on any atom is 0.133 e. The van der Waals surface area contributed by atoms with Crippen molar-refractivity contribution in [1.29, 1.82) is 0 Å². The van der Waals surface area contributed by atoms with Gasteiger partial charge in [0.2, 0.25) is 0 Å². The van der Waals surface area contributed by atoms with E-state index in [9.17, 15) is 9.90 Å². The minimum atomic E-state index is -0.311. The SMILES string of the molecule is CCCCCCC(C)(C)c1cc(O)c2c(c1)OC(C)(C)C1CCC(=O)C[C@@H]21. The number of ketones is 1. The average molecular weight is 373 g/mol. The van der Waals surface area contributed by atoms with Crippen molar-refractivity contribution in [2.24, 2.45) is 5.92 Å². The number of benzene rings is 1. The van der Waals surface area contributed by atoms with Crippen LogP contribution in [0.5, 0.6) is 11.5 Å². The van der Waals surface area contributed by atoms with Crippen LogP contribution < -0.4 is 4.74 Å². The Kier molecular flexibility index (Phi) is 5.61. The number of fused-ring (bicyclic) bond motifs is 3. The Balaban J connectivity index is 1.92. The number of carbonyl (C=O) groups excluding carboxylic acids is 1. The largest absolute Gasteiger partial charge is 0.508 e. The van der Waals surface area contributed by atoms with Crippen LogP contribution in [-0.4, -0.2) is 16.5 Å². The highest BCUT2D eigenvalue weighted by molar-refractivity contribution is 5.81. The zero-order valence-electron chi connectivity index (χ0n) is 17.7. The van der Waals surface area contributed by atoms with Gasteiger partial charge in [-0.25, -0.2) is 0 Å². The molecule has 2 atom stereocenters. The molecule has 1 saturated carbocycles. The first-order chi connectivity index (χ1) is 12.7. The van der Waals surface area contributed by atoms with Crippen molar-refractivity contribution in [3.63, 3.8) is 0 Å². The molecule has 1 N–H and O–H groups in total. The van der Waals surface area contributed by atoms with Crippen LogP contribution in [0.4, 0.5) is 0 Å². The van der Waals surface area contributed by atoms with Gasteiger partial charge in [-0.3, -0.25) is 4.79 Å². The normalized spacial score (nSPS) is 24.1. The second-order valence-electron chi connectivity index (χ2n) is 9.80. The predicted molar refractivity (Wildman–Crippen MR) is 110 cm³/mol. The van der Waals surface area contributed by atoms with Crippen molar-refractivity contribution in [1.82, 2.24) is 0 Å². The highest BCUT2D eigenvalue weighted by Crippen LogP contribution is 2.54. The topological polar surface area (TPSA) is 46.5 Å². The number of phenols is 1. The smallest absolute Gasteiger partial charge is 0.133 e. The van der Waals surface area contributed by atoms with Gasteiger partial charge in [-0.2, -0.15) is 0 Å². The van der Waals surface area contributed by atoms with Crippen molar-refractivity contribution in [2.75, 3.05) is 0 Å². The van der Waals surface area contributed by atoms with Crippen LogP contribution in [0, 0.1) is 5.92 Å². The number of unbranched alkanes of at least 4 members (excludes halogenated alkanes) is 3. The summed E-state index contributed by atoms with van der Waals surface area (Å²) in [5.41, 5.74) is 1.67. The van der Waals surface area contributed by atoms with Crippen molar-refractivity contribution in [3.05, 3.63) is 23.3 Å². The first kappa shape index (κ1) is 20.2. The molecule has 2 aliphatic rings. The van der Waals surface area contributed by atoms with Gasteiger partial charge in [-0.05, 0) is 49.8 Å². The van der Waals surface area contributed by atoms with E-state index in [2.05, 4.69) is 40.7 Å². The second kappa shape index (κ2) is 7.48. The summed E-state index contributed by atoms with van der Waals surface area (Å²) < 4.78 is 6.41. The minimum absolute atomic E-state index is 0.00696. The Hall–Kier alpha value is -1.51. The van der Waals surface area contributed by atoms with Crippen LogP contribution in [-0.2, 0) is 10.2 Å². The molecule has 0 bridgehead atoms. The monoisotopic (exact) mass is 372 g/mol. The zero-order chi connectivity index (χ0) is 19.8. The molecule has 0 radical (unpaired) electrons. The Morgan fingerprint density at radius 2 is 1.96 bits per heavy atom. The lowest BCUT2D eigenvalue weighted by molar-refractivity contribution is -0.124. The van der Waals surface area contributed by atoms with Gasteiger partial charge >= 0.3 is 0 Å². The molecule has 1 heterocycles. The molecule has 3 heteroatoms. The van der Waals surface area contributed by atoms with Crippen LogP contribution in [0.15, 0.2) is 12.1 Å². The molecule has 1 aliphatic carbocycles. The van der Waals surface area contributed by atoms with Crippen LogP contribution in [0.1, 0.15) is 103 Å². The van der Waals surface area contributed by atoms with Crippen molar-refractivity contribution in [3.8, 4) is 11.5 Å². The predicted octanol–water partition coefficient (Wildman–Crippen LogP) is 6.26. The van der Waals surface area contributed by atoms with Gasteiger partial charge in [0.25, 0.3) is 0 Å². The fraction of sp³-hybridized carbons (Fsp3) is 0.708. The Labute approximate surface area is 164 Å². The van der Waals surface area contributed by atoms with Gasteiger partial charge in [0.15, 0.2) is 0 Å². The summed E-state index contributed by atoms with van der Waals surface area (Å²) in [6.07, 6.45) is 8.07. The molecular formula is C24H36O3. The van der Waals surface area contributed by atoms with E-state index in [0.717, 1.165) is 29.7 Å². The third-order valence-electron chi connectivity index (χ3n) is 6.86. The number of phenolic OH excluding ortho intramolecular Hbond substituents is 1. The van der Waals surface area contributed by atoms with Crippen LogP contribution >= 0.6 is 0 Å². The summed E-state index contributed by atoms with van der Waals surface area (Å²) in [7, 11) is 0. The maximum absolute atomic E-state index is 12.1. The molecule has 150 valence electrons.